The van der Waals surface area contributed by atoms with Crippen LogP contribution in [0, 0.1) is 5.92 Å². The van der Waals surface area contributed by atoms with Crippen molar-refractivity contribution >= 4 is 17.5 Å². The molecule has 2 heterocycles. The second kappa shape index (κ2) is 8.91. The fraction of sp³-hybridized carbons (Fsp3) is 0.476. The van der Waals surface area contributed by atoms with E-state index in [2.05, 4.69) is 15.6 Å². The fourth-order valence-corrected chi connectivity index (χ4v) is 3.31. The van der Waals surface area contributed by atoms with Crippen LogP contribution in [0.1, 0.15) is 60.4 Å². The van der Waals surface area contributed by atoms with Crippen LogP contribution in [-0.4, -0.2) is 34.5 Å². The van der Waals surface area contributed by atoms with E-state index in [0.29, 0.717) is 42.7 Å². The van der Waals surface area contributed by atoms with Crippen LogP contribution in [0.5, 0.6) is 5.75 Å². The van der Waals surface area contributed by atoms with Crippen LogP contribution in [-0.2, 0) is 13.0 Å². The third-order valence-corrected chi connectivity index (χ3v) is 4.64. The largest absolute Gasteiger partial charge is 0.492 e. The van der Waals surface area contributed by atoms with E-state index in [1.54, 1.807) is 6.07 Å². The average Bonchev–Trinajstić information content (AvgIpc) is 3.08. The number of carbonyl (C=O) groups is 2. The molecule has 0 aliphatic carbocycles. The first-order valence-electron chi connectivity index (χ1n) is 9.92. The predicted octanol–water partition coefficient (Wildman–Crippen LogP) is 3.26. The summed E-state index contributed by atoms with van der Waals surface area (Å²) < 4.78 is 7.46. The minimum atomic E-state index is -0.335. The normalized spacial score (nSPS) is 13.1. The Balaban J connectivity index is 1.87. The molecule has 1 aromatic heterocycles. The van der Waals surface area contributed by atoms with Gasteiger partial charge >= 0.3 is 0 Å². The number of nitrogens with zero attached hydrogens (tertiary/aromatic N) is 2. The standard InChI is InChI=1S/C21H28N4O3/c1-4-28-17-11-6-5-9-15(17)23-21(27)19-24-18(20(26)22-13-14(2)3)16-10-7-8-12-25(16)19/h5-6,9,11,14H,4,7-8,10,12-13H2,1-3H3,(H,22,26)(H,23,27). The summed E-state index contributed by atoms with van der Waals surface area (Å²) in [6.45, 7) is 7.75. The van der Waals surface area contributed by atoms with Crippen molar-refractivity contribution in [3.8, 4) is 5.75 Å². The minimum absolute atomic E-state index is 0.215. The molecule has 0 fully saturated rings. The molecule has 1 aromatic carbocycles. The number of rotatable bonds is 7. The van der Waals surface area contributed by atoms with Crippen molar-refractivity contribution in [3.05, 3.63) is 41.5 Å². The highest BCUT2D eigenvalue weighted by molar-refractivity contribution is 6.04. The Bertz CT molecular complexity index is 857. The third-order valence-electron chi connectivity index (χ3n) is 4.64. The summed E-state index contributed by atoms with van der Waals surface area (Å²) in [6.07, 6.45) is 2.71. The Kier molecular flexibility index (Phi) is 6.34. The average molecular weight is 384 g/mol. The van der Waals surface area contributed by atoms with E-state index < -0.39 is 0 Å². The summed E-state index contributed by atoms with van der Waals surface area (Å²) in [7, 11) is 0. The van der Waals surface area contributed by atoms with Crippen molar-refractivity contribution in [2.75, 3.05) is 18.5 Å². The smallest absolute Gasteiger partial charge is 0.291 e. The van der Waals surface area contributed by atoms with Gasteiger partial charge in [0.1, 0.15) is 11.4 Å². The van der Waals surface area contributed by atoms with E-state index in [4.69, 9.17) is 4.74 Å². The zero-order valence-electron chi connectivity index (χ0n) is 16.7. The highest BCUT2D eigenvalue weighted by Crippen LogP contribution is 2.26. The summed E-state index contributed by atoms with van der Waals surface area (Å²) in [5.74, 6) is 0.681. The van der Waals surface area contributed by atoms with Gasteiger partial charge in [0.05, 0.1) is 18.0 Å². The van der Waals surface area contributed by atoms with E-state index >= 15 is 0 Å². The molecule has 0 unspecified atom stereocenters. The number of amides is 2. The summed E-state index contributed by atoms with van der Waals surface area (Å²) in [5.41, 5.74) is 1.80. The van der Waals surface area contributed by atoms with Crippen LogP contribution in [0.15, 0.2) is 24.3 Å². The first-order valence-corrected chi connectivity index (χ1v) is 9.92. The van der Waals surface area contributed by atoms with Crippen molar-refractivity contribution in [3.63, 3.8) is 0 Å². The quantitative estimate of drug-likeness (QED) is 0.767. The summed E-state index contributed by atoms with van der Waals surface area (Å²) in [4.78, 5) is 30.0. The highest BCUT2D eigenvalue weighted by Gasteiger charge is 2.27. The van der Waals surface area contributed by atoms with Gasteiger partial charge in [-0.25, -0.2) is 4.98 Å². The molecule has 2 amide bonds. The Morgan fingerprint density at radius 2 is 2.00 bits per heavy atom. The van der Waals surface area contributed by atoms with Gasteiger partial charge in [0, 0.05) is 13.1 Å². The van der Waals surface area contributed by atoms with Crippen LogP contribution in [0.3, 0.4) is 0 Å². The second-order valence-corrected chi connectivity index (χ2v) is 7.33. The summed E-state index contributed by atoms with van der Waals surface area (Å²) >= 11 is 0. The van der Waals surface area contributed by atoms with E-state index in [1.807, 2.05) is 43.5 Å². The molecule has 3 rings (SSSR count). The molecule has 2 aromatic rings. The van der Waals surface area contributed by atoms with Gasteiger partial charge in [-0.15, -0.1) is 0 Å². The molecule has 1 aliphatic heterocycles. The summed E-state index contributed by atoms with van der Waals surface area (Å²) in [6, 6.07) is 7.29. The maximum atomic E-state index is 13.0. The van der Waals surface area contributed by atoms with Gasteiger partial charge in [0.25, 0.3) is 11.8 Å². The summed E-state index contributed by atoms with van der Waals surface area (Å²) in [5, 5.41) is 5.80. The molecule has 2 N–H and O–H groups in total. The molecular weight excluding hydrogens is 356 g/mol. The number of carbonyl (C=O) groups excluding carboxylic acids is 2. The molecule has 7 heteroatoms. The Morgan fingerprint density at radius 3 is 2.75 bits per heavy atom. The van der Waals surface area contributed by atoms with Crippen LogP contribution >= 0.6 is 0 Å². The van der Waals surface area contributed by atoms with Gasteiger partial charge in [0.2, 0.25) is 0 Å². The van der Waals surface area contributed by atoms with Gasteiger partial charge in [-0.3, -0.25) is 9.59 Å². The Morgan fingerprint density at radius 1 is 1.21 bits per heavy atom. The van der Waals surface area contributed by atoms with Crippen molar-refractivity contribution in [2.45, 2.75) is 46.6 Å². The van der Waals surface area contributed by atoms with Crippen molar-refractivity contribution < 1.29 is 14.3 Å². The molecule has 0 saturated carbocycles. The molecular formula is C21H28N4O3. The molecule has 0 atom stereocenters. The lowest BCUT2D eigenvalue weighted by molar-refractivity contribution is 0.0943. The zero-order valence-corrected chi connectivity index (χ0v) is 16.7. The molecule has 1 aliphatic rings. The fourth-order valence-electron chi connectivity index (χ4n) is 3.31. The number of ether oxygens (including phenoxy) is 1. The Hall–Kier alpha value is -2.83. The van der Waals surface area contributed by atoms with Crippen molar-refractivity contribution in [2.24, 2.45) is 5.92 Å². The number of hydrogen-bond donors (Lipinski definition) is 2. The van der Waals surface area contributed by atoms with E-state index in [1.165, 1.54) is 0 Å². The molecule has 28 heavy (non-hydrogen) atoms. The van der Waals surface area contributed by atoms with Crippen LogP contribution < -0.4 is 15.4 Å². The number of imidazole rings is 1. The SMILES string of the molecule is CCOc1ccccc1NC(=O)c1nc(C(=O)NCC(C)C)c2n1CCCC2. The highest BCUT2D eigenvalue weighted by atomic mass is 16.5. The lowest BCUT2D eigenvalue weighted by Gasteiger charge is -2.17. The number of aromatic nitrogens is 2. The third kappa shape index (κ3) is 4.35. The molecule has 0 bridgehead atoms. The molecule has 7 nitrogen and oxygen atoms in total. The second-order valence-electron chi connectivity index (χ2n) is 7.33. The maximum absolute atomic E-state index is 13.0. The van der Waals surface area contributed by atoms with Gasteiger partial charge < -0.3 is 19.9 Å². The van der Waals surface area contributed by atoms with Crippen LogP contribution in [0.25, 0.3) is 0 Å². The van der Waals surface area contributed by atoms with E-state index in [9.17, 15) is 9.59 Å². The van der Waals surface area contributed by atoms with Crippen molar-refractivity contribution in [1.29, 1.82) is 0 Å². The lowest BCUT2D eigenvalue weighted by atomic mass is 10.1. The Labute approximate surface area is 165 Å². The monoisotopic (exact) mass is 384 g/mol. The van der Waals surface area contributed by atoms with E-state index in [-0.39, 0.29) is 17.6 Å². The number of hydrogen-bond acceptors (Lipinski definition) is 4. The van der Waals surface area contributed by atoms with Gasteiger partial charge in [-0.1, -0.05) is 26.0 Å². The number of benzene rings is 1. The molecule has 150 valence electrons. The van der Waals surface area contributed by atoms with Gasteiger partial charge in [0.15, 0.2) is 5.82 Å². The molecule has 0 saturated heterocycles. The first kappa shape index (κ1) is 19.9. The van der Waals surface area contributed by atoms with Crippen LogP contribution in [0.2, 0.25) is 0 Å². The first-order chi connectivity index (χ1) is 13.5. The minimum Gasteiger partial charge on any atom is -0.492 e. The number of para-hydroxylation sites is 2. The van der Waals surface area contributed by atoms with Gasteiger partial charge in [-0.2, -0.15) is 0 Å². The maximum Gasteiger partial charge on any atom is 0.291 e. The van der Waals surface area contributed by atoms with Crippen molar-refractivity contribution in [1.82, 2.24) is 14.9 Å². The van der Waals surface area contributed by atoms with Gasteiger partial charge in [-0.05, 0) is 44.2 Å². The topological polar surface area (TPSA) is 85.2 Å². The number of anilines is 1. The zero-order chi connectivity index (χ0) is 20.1. The lowest BCUT2D eigenvalue weighted by Crippen LogP contribution is -2.29. The van der Waals surface area contributed by atoms with Crippen LogP contribution in [0.4, 0.5) is 5.69 Å². The molecule has 0 spiro atoms. The predicted molar refractivity (Wildman–Crippen MR) is 108 cm³/mol. The number of nitrogens with one attached hydrogen (secondary N) is 2. The van der Waals surface area contributed by atoms with E-state index in [0.717, 1.165) is 25.0 Å². The molecule has 0 radical (unpaired) electrons. The number of fused-ring (bicyclic) bond motifs is 1.